The van der Waals surface area contributed by atoms with Gasteiger partial charge in [0.2, 0.25) is 11.3 Å². The number of methoxy groups -OCH3 is 1. The number of nitrogens with one attached hydrogen (secondary N) is 2. The van der Waals surface area contributed by atoms with E-state index in [0.717, 1.165) is 5.56 Å². The molecule has 3 aromatic rings. The molecule has 0 aliphatic heterocycles. The van der Waals surface area contributed by atoms with Crippen molar-refractivity contribution in [2.24, 2.45) is 0 Å². The molecule has 0 aliphatic rings. The minimum atomic E-state index is 0.0730. The second-order valence-electron chi connectivity index (χ2n) is 5.17. The van der Waals surface area contributed by atoms with Crippen molar-refractivity contribution in [2.75, 3.05) is 24.4 Å². The summed E-state index contributed by atoms with van der Waals surface area (Å²) in [6.45, 7) is 3.17. The van der Waals surface area contributed by atoms with Gasteiger partial charge in [-0.1, -0.05) is 30.3 Å². The predicted molar refractivity (Wildman–Crippen MR) is 86.1 cm³/mol. The van der Waals surface area contributed by atoms with Crippen molar-refractivity contribution in [1.82, 2.24) is 20.3 Å². The molecule has 2 heterocycles. The van der Waals surface area contributed by atoms with Crippen LogP contribution >= 0.6 is 0 Å². The van der Waals surface area contributed by atoms with E-state index in [9.17, 15) is 0 Å². The molecule has 2 N–H and O–H groups in total. The van der Waals surface area contributed by atoms with Crippen molar-refractivity contribution < 1.29 is 9.37 Å². The Bertz CT molecular complexity index is 761. The lowest BCUT2D eigenvalue weighted by atomic mass is 10.2. The molecule has 120 valence electrons. The highest BCUT2D eigenvalue weighted by Gasteiger charge is 2.14. The summed E-state index contributed by atoms with van der Waals surface area (Å²) in [7, 11) is 1.66. The van der Waals surface area contributed by atoms with Crippen LogP contribution in [0.3, 0.4) is 0 Å². The molecule has 8 heteroatoms. The Labute approximate surface area is 133 Å². The monoisotopic (exact) mass is 314 g/mol. The van der Waals surface area contributed by atoms with E-state index in [1.165, 1.54) is 0 Å². The summed E-state index contributed by atoms with van der Waals surface area (Å²) in [5.74, 6) is 1.19. The molecule has 0 saturated carbocycles. The molecule has 3 rings (SSSR count). The van der Waals surface area contributed by atoms with Gasteiger partial charge in [-0.2, -0.15) is 0 Å². The summed E-state index contributed by atoms with van der Waals surface area (Å²) in [6, 6.07) is 10.1. The van der Waals surface area contributed by atoms with Crippen LogP contribution in [0.2, 0.25) is 0 Å². The summed E-state index contributed by atoms with van der Waals surface area (Å²) in [6.07, 6.45) is 0. The lowest BCUT2D eigenvalue weighted by Gasteiger charge is -2.16. The Morgan fingerprint density at radius 1 is 1.09 bits per heavy atom. The van der Waals surface area contributed by atoms with Gasteiger partial charge in [-0.05, 0) is 22.8 Å². The van der Waals surface area contributed by atoms with Gasteiger partial charge in [-0.15, -0.1) is 0 Å². The standard InChI is InChI=1S/C15H18N6O2/c1-10(9-22-2)17-13-12(16-8-11-6-4-3-5-7-11)18-14-15(19-13)21-23-20-14/h3-7,10H,8-9H2,1-2H3,(H,16,18,20)(H,17,19,21)/t10-/m1/s1. The van der Waals surface area contributed by atoms with E-state index < -0.39 is 0 Å². The van der Waals surface area contributed by atoms with Crippen LogP contribution in [0.15, 0.2) is 35.0 Å². The van der Waals surface area contributed by atoms with Gasteiger partial charge in [0.1, 0.15) is 0 Å². The summed E-state index contributed by atoms with van der Waals surface area (Å²) >= 11 is 0. The van der Waals surface area contributed by atoms with E-state index in [0.29, 0.717) is 36.1 Å². The Hall–Kier alpha value is -2.74. The van der Waals surface area contributed by atoms with E-state index >= 15 is 0 Å². The Morgan fingerprint density at radius 2 is 1.78 bits per heavy atom. The SMILES string of the molecule is COC[C@@H](C)Nc1nc2nonc2nc1NCc1ccccc1. The highest BCUT2D eigenvalue weighted by atomic mass is 16.6. The molecule has 23 heavy (non-hydrogen) atoms. The van der Waals surface area contributed by atoms with Crippen molar-refractivity contribution >= 4 is 22.9 Å². The summed E-state index contributed by atoms with van der Waals surface area (Å²) < 4.78 is 9.82. The molecule has 0 amide bonds. The first-order valence-corrected chi connectivity index (χ1v) is 7.30. The predicted octanol–water partition coefficient (Wildman–Crippen LogP) is 2.07. The highest BCUT2D eigenvalue weighted by molar-refractivity contribution is 5.73. The van der Waals surface area contributed by atoms with E-state index in [-0.39, 0.29) is 6.04 Å². The third-order valence-corrected chi connectivity index (χ3v) is 3.22. The fourth-order valence-electron chi connectivity index (χ4n) is 2.17. The number of anilines is 2. The molecule has 0 radical (unpaired) electrons. The Morgan fingerprint density at radius 3 is 2.48 bits per heavy atom. The lowest BCUT2D eigenvalue weighted by molar-refractivity contribution is 0.190. The Kier molecular flexibility index (Phi) is 4.62. The van der Waals surface area contributed by atoms with Gasteiger partial charge >= 0.3 is 0 Å². The topological polar surface area (TPSA) is 98.0 Å². The van der Waals surface area contributed by atoms with Crippen LogP contribution in [-0.2, 0) is 11.3 Å². The fourth-order valence-corrected chi connectivity index (χ4v) is 2.17. The molecule has 2 aromatic heterocycles. The van der Waals surface area contributed by atoms with Gasteiger partial charge in [0.15, 0.2) is 11.6 Å². The summed E-state index contributed by atoms with van der Waals surface area (Å²) in [4.78, 5) is 8.83. The third kappa shape index (κ3) is 3.72. The van der Waals surface area contributed by atoms with Crippen LogP contribution in [0, 0.1) is 0 Å². The maximum absolute atomic E-state index is 5.14. The average Bonchev–Trinajstić information content (AvgIpc) is 3.01. The molecule has 0 bridgehead atoms. The maximum Gasteiger partial charge on any atom is 0.245 e. The number of hydrogen-bond acceptors (Lipinski definition) is 8. The molecule has 0 aliphatic carbocycles. The third-order valence-electron chi connectivity index (χ3n) is 3.22. The van der Waals surface area contributed by atoms with E-state index in [2.05, 4.69) is 35.5 Å². The van der Waals surface area contributed by atoms with Crippen LogP contribution in [0.25, 0.3) is 11.3 Å². The van der Waals surface area contributed by atoms with Crippen molar-refractivity contribution in [3.8, 4) is 0 Å². The number of benzene rings is 1. The number of fused-ring (bicyclic) bond motifs is 1. The van der Waals surface area contributed by atoms with E-state index in [4.69, 9.17) is 4.74 Å². The van der Waals surface area contributed by atoms with Crippen LogP contribution in [0.5, 0.6) is 0 Å². The van der Waals surface area contributed by atoms with Crippen molar-refractivity contribution in [2.45, 2.75) is 19.5 Å². The summed E-state index contributed by atoms with van der Waals surface area (Å²) in [5.41, 5.74) is 1.87. The molecule has 1 atom stereocenters. The Balaban J connectivity index is 1.83. The van der Waals surface area contributed by atoms with Crippen LogP contribution in [0.1, 0.15) is 12.5 Å². The first kappa shape index (κ1) is 15.2. The van der Waals surface area contributed by atoms with Crippen molar-refractivity contribution in [3.63, 3.8) is 0 Å². The fraction of sp³-hybridized carbons (Fsp3) is 0.333. The van der Waals surface area contributed by atoms with Crippen LogP contribution in [0.4, 0.5) is 11.6 Å². The summed E-state index contributed by atoms with van der Waals surface area (Å²) in [5, 5.41) is 14.0. The van der Waals surface area contributed by atoms with Crippen LogP contribution < -0.4 is 10.6 Å². The van der Waals surface area contributed by atoms with Crippen molar-refractivity contribution in [3.05, 3.63) is 35.9 Å². The number of rotatable bonds is 7. The number of ether oxygens (including phenoxy) is 1. The van der Waals surface area contributed by atoms with Gasteiger partial charge in [0.25, 0.3) is 0 Å². The van der Waals surface area contributed by atoms with Crippen LogP contribution in [-0.4, -0.2) is 40.0 Å². The number of hydrogen-bond donors (Lipinski definition) is 2. The van der Waals surface area contributed by atoms with E-state index in [1.807, 2.05) is 37.3 Å². The lowest BCUT2D eigenvalue weighted by Crippen LogP contribution is -2.22. The molecule has 0 spiro atoms. The molecular weight excluding hydrogens is 296 g/mol. The number of nitrogens with zero attached hydrogens (tertiary/aromatic N) is 4. The van der Waals surface area contributed by atoms with Gasteiger partial charge in [0.05, 0.1) is 6.61 Å². The van der Waals surface area contributed by atoms with E-state index in [1.54, 1.807) is 7.11 Å². The van der Waals surface area contributed by atoms with Crippen molar-refractivity contribution in [1.29, 1.82) is 0 Å². The second-order valence-corrected chi connectivity index (χ2v) is 5.17. The minimum Gasteiger partial charge on any atom is -0.383 e. The minimum absolute atomic E-state index is 0.0730. The molecule has 0 fully saturated rings. The normalized spacial score (nSPS) is 12.3. The maximum atomic E-state index is 5.14. The van der Waals surface area contributed by atoms with Gasteiger partial charge in [-0.25, -0.2) is 14.6 Å². The zero-order valence-electron chi connectivity index (χ0n) is 13.0. The zero-order valence-corrected chi connectivity index (χ0v) is 13.0. The smallest absolute Gasteiger partial charge is 0.245 e. The van der Waals surface area contributed by atoms with Gasteiger partial charge in [0, 0.05) is 19.7 Å². The van der Waals surface area contributed by atoms with Gasteiger partial charge in [-0.3, -0.25) is 0 Å². The molecule has 0 saturated heterocycles. The molecular formula is C15H18N6O2. The zero-order chi connectivity index (χ0) is 16.1. The molecule has 8 nitrogen and oxygen atoms in total. The molecule has 0 unspecified atom stereocenters. The quantitative estimate of drug-likeness (QED) is 0.684. The van der Waals surface area contributed by atoms with Gasteiger partial charge < -0.3 is 15.4 Å². The first-order valence-electron chi connectivity index (χ1n) is 7.30. The molecule has 1 aromatic carbocycles. The first-order chi connectivity index (χ1) is 11.3. The largest absolute Gasteiger partial charge is 0.383 e. The average molecular weight is 314 g/mol. The second kappa shape index (κ2) is 7.01. The number of aromatic nitrogens is 4. The highest BCUT2D eigenvalue weighted by Crippen LogP contribution is 2.21.